The highest BCUT2D eigenvalue weighted by Crippen LogP contribution is 2.33. The Morgan fingerprint density at radius 2 is 1.36 bits per heavy atom. The number of aromatic nitrogens is 6. The molecule has 4 aromatic carbocycles. The summed E-state index contributed by atoms with van der Waals surface area (Å²) in [5, 5.41) is 8.11. The zero-order chi connectivity index (χ0) is 34.9. The minimum atomic E-state index is -0.314. The quantitative estimate of drug-likeness (QED) is 0.137. The monoisotopic (exact) mass is 811 g/mol. The lowest BCUT2D eigenvalue weighted by atomic mass is 10.0. The number of hydrogen-bond donors (Lipinski definition) is 1. The Kier molecular flexibility index (Phi) is 9.63. The number of halogens is 4. The van der Waals surface area contributed by atoms with Crippen LogP contribution in [0.2, 0.25) is 5.02 Å². The summed E-state index contributed by atoms with van der Waals surface area (Å²) in [5.41, 5.74) is 15.4. The largest absolute Gasteiger partial charge is 0.383 e. The van der Waals surface area contributed by atoms with Crippen molar-refractivity contribution in [2.75, 3.05) is 5.73 Å². The van der Waals surface area contributed by atoms with Gasteiger partial charge < -0.3 is 5.73 Å². The van der Waals surface area contributed by atoms with Crippen molar-refractivity contribution in [1.82, 2.24) is 29.7 Å². The lowest BCUT2D eigenvalue weighted by Crippen LogP contribution is -2.07. The van der Waals surface area contributed by atoms with Gasteiger partial charge in [0.05, 0.1) is 34.4 Å². The van der Waals surface area contributed by atoms with Gasteiger partial charge in [0.1, 0.15) is 21.7 Å². The first-order valence-corrected chi connectivity index (χ1v) is 17.7. The van der Waals surface area contributed by atoms with E-state index in [1.165, 1.54) is 12.4 Å². The highest BCUT2D eigenvalue weighted by Gasteiger charge is 2.19. The molecule has 248 valence electrons. The number of hydrogen-bond acceptors (Lipinski definition) is 6. The molecule has 8 aromatic rings. The van der Waals surface area contributed by atoms with Crippen molar-refractivity contribution in [2.24, 2.45) is 0 Å². The minimum Gasteiger partial charge on any atom is -0.383 e. The number of aryl methyl sites for hydroxylation is 2. The number of nitrogens with zero attached hydrogens (tertiary/aromatic N) is 6. The Hall–Kier alpha value is -4.71. The molecule has 0 bridgehead atoms. The molecular weight excluding hydrogens is 783 g/mol. The van der Waals surface area contributed by atoms with Crippen molar-refractivity contribution in [3.05, 3.63) is 140 Å². The van der Waals surface area contributed by atoms with E-state index >= 15 is 0 Å². The summed E-state index contributed by atoms with van der Waals surface area (Å²) in [5.74, 6) is 0.486. The van der Waals surface area contributed by atoms with Gasteiger partial charge in [-0.1, -0.05) is 78.3 Å². The maximum absolute atomic E-state index is 14.7. The molecule has 0 aliphatic rings. The summed E-state index contributed by atoms with van der Waals surface area (Å²) in [6.45, 7) is 4.44. The topological polar surface area (TPSA) is 95.4 Å². The lowest BCUT2D eigenvalue weighted by molar-refractivity contribution is 0.630. The van der Waals surface area contributed by atoms with Gasteiger partial charge in [-0.15, -0.1) is 11.6 Å². The number of rotatable bonds is 5. The van der Waals surface area contributed by atoms with E-state index in [0.29, 0.717) is 40.2 Å². The molecule has 4 heterocycles. The van der Waals surface area contributed by atoms with Crippen molar-refractivity contribution in [1.29, 1.82) is 0 Å². The summed E-state index contributed by atoms with van der Waals surface area (Å²) in [6.07, 6.45) is 1.42. The van der Waals surface area contributed by atoms with E-state index < -0.39 is 0 Å². The Bertz CT molecular complexity index is 2550. The van der Waals surface area contributed by atoms with Crippen LogP contribution in [0.3, 0.4) is 0 Å². The van der Waals surface area contributed by atoms with Crippen LogP contribution >= 0.6 is 45.8 Å². The van der Waals surface area contributed by atoms with E-state index in [1.807, 2.05) is 67.6 Å². The van der Waals surface area contributed by atoms with Crippen molar-refractivity contribution in [3.63, 3.8) is 0 Å². The first kappa shape index (κ1) is 33.8. The molecule has 0 aliphatic carbocycles. The number of pyridine rings is 2. The van der Waals surface area contributed by atoms with Crippen LogP contribution in [0.4, 0.5) is 10.2 Å². The third kappa shape index (κ3) is 6.48. The van der Waals surface area contributed by atoms with Gasteiger partial charge in [0.2, 0.25) is 0 Å². The standard InChI is InChI=1S/C22H16FIN6.C17H13Cl2N/c1-12-5-4-6-13-9-14(19(28-18(12)13)15-7-2-3-8-16(15)23)10-30-22-17(20(24)29-30)21(25)26-11-27-22;1-11-5-4-6-12-9-13(10-18)17(20-16(11)12)14-7-2-3-8-15(14)19/h2-9,11H,10H2,1H3,(H2,25,26,27);2-9H,10H2,1H3. The van der Waals surface area contributed by atoms with Gasteiger partial charge >= 0.3 is 0 Å². The molecule has 7 nitrogen and oxygen atoms in total. The van der Waals surface area contributed by atoms with Crippen LogP contribution in [0.1, 0.15) is 22.3 Å². The van der Waals surface area contributed by atoms with Gasteiger partial charge in [0, 0.05) is 38.4 Å². The van der Waals surface area contributed by atoms with Gasteiger partial charge in [-0.3, -0.25) is 0 Å². The van der Waals surface area contributed by atoms with E-state index in [1.54, 1.807) is 16.8 Å². The average molecular weight is 813 g/mol. The molecule has 0 saturated heterocycles. The number of nitrogens with two attached hydrogens (primary N) is 1. The molecule has 0 unspecified atom stereocenters. The van der Waals surface area contributed by atoms with Gasteiger partial charge in [-0.05, 0) is 83.5 Å². The maximum Gasteiger partial charge on any atom is 0.164 e. The van der Waals surface area contributed by atoms with Crippen LogP contribution in [0.5, 0.6) is 0 Å². The molecule has 0 fully saturated rings. The molecule has 0 spiro atoms. The fourth-order valence-corrected chi connectivity index (χ4v) is 7.24. The summed E-state index contributed by atoms with van der Waals surface area (Å²) < 4.78 is 17.2. The van der Waals surface area contributed by atoms with E-state index in [-0.39, 0.29) is 5.82 Å². The van der Waals surface area contributed by atoms with E-state index in [2.05, 4.69) is 62.8 Å². The number of nitrogen functional groups attached to an aromatic ring is 1. The molecule has 2 N–H and O–H groups in total. The summed E-state index contributed by atoms with van der Waals surface area (Å²) in [4.78, 5) is 18.1. The van der Waals surface area contributed by atoms with Crippen LogP contribution in [0.25, 0.3) is 55.4 Å². The van der Waals surface area contributed by atoms with Gasteiger partial charge in [0.25, 0.3) is 0 Å². The Balaban J connectivity index is 0.000000170. The minimum absolute atomic E-state index is 0.314. The molecule has 4 aromatic heterocycles. The van der Waals surface area contributed by atoms with Crippen molar-refractivity contribution in [3.8, 4) is 22.5 Å². The average Bonchev–Trinajstić information content (AvgIpc) is 3.44. The van der Waals surface area contributed by atoms with Crippen LogP contribution in [-0.4, -0.2) is 29.7 Å². The number of benzene rings is 4. The first-order valence-electron chi connectivity index (χ1n) is 15.7. The second kappa shape index (κ2) is 14.3. The smallest absolute Gasteiger partial charge is 0.164 e. The van der Waals surface area contributed by atoms with E-state index in [9.17, 15) is 4.39 Å². The summed E-state index contributed by atoms with van der Waals surface area (Å²) >= 11 is 14.5. The molecule has 0 amide bonds. The normalized spacial score (nSPS) is 11.2. The second-order valence-corrected chi connectivity index (χ2v) is 13.5. The molecule has 50 heavy (non-hydrogen) atoms. The summed E-state index contributed by atoms with van der Waals surface area (Å²) in [6, 6.07) is 30.7. The van der Waals surface area contributed by atoms with Crippen LogP contribution in [0, 0.1) is 23.4 Å². The predicted octanol–water partition coefficient (Wildman–Crippen LogP) is 10.3. The van der Waals surface area contributed by atoms with Crippen LogP contribution in [-0.2, 0) is 12.4 Å². The number of alkyl halides is 1. The lowest BCUT2D eigenvalue weighted by Gasteiger charge is -2.13. The molecule has 0 saturated carbocycles. The van der Waals surface area contributed by atoms with Crippen LogP contribution in [0.15, 0.2) is 103 Å². The summed E-state index contributed by atoms with van der Waals surface area (Å²) in [7, 11) is 0. The SMILES string of the molecule is Cc1cccc2cc(CCl)c(-c3ccccc3Cl)nc12.Cc1cccc2cc(Cn3nc(I)c4c(N)ncnc43)c(-c3ccccc3F)nc12. The Morgan fingerprint density at radius 1 is 0.760 bits per heavy atom. The van der Waals surface area contributed by atoms with E-state index in [4.69, 9.17) is 38.9 Å². The maximum atomic E-state index is 14.7. The fourth-order valence-electron chi connectivity index (χ4n) is 6.03. The highest BCUT2D eigenvalue weighted by atomic mass is 127. The van der Waals surface area contributed by atoms with Crippen molar-refractivity contribution < 1.29 is 4.39 Å². The third-order valence-electron chi connectivity index (χ3n) is 8.49. The van der Waals surface area contributed by atoms with Crippen molar-refractivity contribution >= 4 is 84.4 Å². The molecule has 11 heteroatoms. The predicted molar refractivity (Wildman–Crippen MR) is 210 cm³/mol. The van der Waals surface area contributed by atoms with Gasteiger partial charge in [-0.25, -0.2) is 29.0 Å². The van der Waals surface area contributed by atoms with Gasteiger partial charge in [0.15, 0.2) is 5.65 Å². The number of fused-ring (bicyclic) bond motifs is 3. The molecular formula is C39H29Cl2FIN7. The molecule has 0 aliphatic heterocycles. The zero-order valence-corrected chi connectivity index (χ0v) is 30.7. The van der Waals surface area contributed by atoms with E-state index in [0.717, 1.165) is 64.4 Å². The van der Waals surface area contributed by atoms with Crippen LogP contribution < -0.4 is 5.73 Å². The number of para-hydroxylation sites is 2. The second-order valence-electron chi connectivity index (χ2n) is 11.8. The highest BCUT2D eigenvalue weighted by molar-refractivity contribution is 14.1. The Morgan fingerprint density at radius 3 is 2.00 bits per heavy atom. The molecule has 0 atom stereocenters. The van der Waals surface area contributed by atoms with Crippen molar-refractivity contribution in [2.45, 2.75) is 26.3 Å². The Labute approximate surface area is 311 Å². The zero-order valence-electron chi connectivity index (χ0n) is 27.0. The van der Waals surface area contributed by atoms with Gasteiger partial charge in [-0.2, -0.15) is 5.10 Å². The molecule has 0 radical (unpaired) electrons. The fraction of sp³-hybridized carbons (Fsp3) is 0.103. The first-order chi connectivity index (χ1) is 24.2. The third-order valence-corrected chi connectivity index (χ3v) is 9.86. The number of anilines is 1. The molecule has 8 rings (SSSR count).